The summed E-state index contributed by atoms with van der Waals surface area (Å²) in [6, 6.07) is 17.0. The van der Waals surface area contributed by atoms with Gasteiger partial charge in [-0.15, -0.1) is 0 Å². The highest BCUT2D eigenvalue weighted by molar-refractivity contribution is 5.94. The molecule has 1 spiro atoms. The van der Waals surface area contributed by atoms with E-state index in [4.69, 9.17) is 14.7 Å². The first-order chi connectivity index (χ1) is 17.5. The molecular formula is C28H32N4O4. The Labute approximate surface area is 211 Å². The zero-order chi connectivity index (χ0) is 25.0. The molecule has 0 radical (unpaired) electrons. The summed E-state index contributed by atoms with van der Waals surface area (Å²) < 4.78 is 11.8. The summed E-state index contributed by atoms with van der Waals surface area (Å²) in [5.74, 6) is 0.789. The summed E-state index contributed by atoms with van der Waals surface area (Å²) in [5, 5.41) is 12.2. The van der Waals surface area contributed by atoms with Gasteiger partial charge in [0.2, 0.25) is 0 Å². The van der Waals surface area contributed by atoms with E-state index in [1.54, 1.807) is 12.1 Å². The average molecular weight is 489 g/mol. The second-order valence-electron chi connectivity index (χ2n) is 9.92. The molecule has 36 heavy (non-hydrogen) atoms. The minimum Gasteiger partial charge on any atom is -0.490 e. The van der Waals surface area contributed by atoms with Crippen molar-refractivity contribution in [3.05, 3.63) is 65.2 Å². The quantitative estimate of drug-likeness (QED) is 0.670. The molecule has 8 nitrogen and oxygen atoms in total. The number of likely N-dealkylation sites (tertiary alicyclic amines) is 1. The van der Waals surface area contributed by atoms with Gasteiger partial charge in [-0.25, -0.2) is 4.79 Å². The second-order valence-corrected chi connectivity index (χ2v) is 9.92. The number of ether oxygens (including phenoxy) is 2. The standard InChI is InChI=1S/C28H32N4O4/c29-19-22-3-7-24(8-4-22)35-25-10-17-31(18-11-25)26(33)23-5-1-21(2-6-23)9-16-32-20-28(36-27(32)34)12-14-30-15-13-28/h1-8,25,30H,9-18,20H2. The zero-order valence-electron chi connectivity index (χ0n) is 20.4. The first-order valence-electron chi connectivity index (χ1n) is 12.8. The van der Waals surface area contributed by atoms with Gasteiger partial charge in [-0.05, 0) is 61.5 Å². The lowest BCUT2D eigenvalue weighted by Crippen LogP contribution is -2.45. The van der Waals surface area contributed by atoms with E-state index in [-0.39, 0.29) is 23.7 Å². The van der Waals surface area contributed by atoms with Gasteiger partial charge >= 0.3 is 6.09 Å². The molecule has 3 heterocycles. The largest absolute Gasteiger partial charge is 0.490 e. The maximum absolute atomic E-state index is 13.0. The van der Waals surface area contributed by atoms with Crippen LogP contribution in [0, 0.1) is 11.3 Å². The van der Waals surface area contributed by atoms with E-state index >= 15 is 0 Å². The van der Waals surface area contributed by atoms with Crippen LogP contribution >= 0.6 is 0 Å². The van der Waals surface area contributed by atoms with Crippen LogP contribution in [0.2, 0.25) is 0 Å². The van der Waals surface area contributed by atoms with Gasteiger partial charge in [0, 0.05) is 50.9 Å². The summed E-state index contributed by atoms with van der Waals surface area (Å²) in [6.07, 6.45) is 3.85. The topological polar surface area (TPSA) is 94.9 Å². The van der Waals surface area contributed by atoms with Gasteiger partial charge in [0.15, 0.2) is 0 Å². The van der Waals surface area contributed by atoms with Crippen molar-refractivity contribution in [1.82, 2.24) is 15.1 Å². The van der Waals surface area contributed by atoms with E-state index in [1.165, 1.54) is 0 Å². The van der Waals surface area contributed by atoms with Crippen molar-refractivity contribution >= 4 is 12.0 Å². The van der Waals surface area contributed by atoms with Gasteiger partial charge in [-0.1, -0.05) is 12.1 Å². The molecule has 0 unspecified atom stereocenters. The number of benzene rings is 2. The maximum atomic E-state index is 13.0. The molecular weight excluding hydrogens is 456 g/mol. The summed E-state index contributed by atoms with van der Waals surface area (Å²) in [7, 11) is 0. The fourth-order valence-corrected chi connectivity index (χ4v) is 5.25. The van der Waals surface area contributed by atoms with Crippen molar-refractivity contribution in [2.24, 2.45) is 0 Å². The number of piperidine rings is 2. The van der Waals surface area contributed by atoms with E-state index in [0.29, 0.717) is 37.3 Å². The highest BCUT2D eigenvalue weighted by Gasteiger charge is 2.45. The van der Waals surface area contributed by atoms with Gasteiger partial charge < -0.3 is 24.6 Å². The molecule has 3 aliphatic heterocycles. The maximum Gasteiger partial charge on any atom is 0.410 e. The summed E-state index contributed by atoms with van der Waals surface area (Å²) >= 11 is 0. The normalized spacial score (nSPS) is 19.7. The van der Waals surface area contributed by atoms with E-state index < -0.39 is 0 Å². The average Bonchev–Trinajstić information content (AvgIpc) is 3.22. The number of nitrogens with one attached hydrogen (secondary N) is 1. The smallest absolute Gasteiger partial charge is 0.410 e. The Balaban J connectivity index is 1.08. The molecule has 2 amide bonds. The molecule has 2 aromatic carbocycles. The molecule has 8 heteroatoms. The van der Waals surface area contributed by atoms with E-state index in [2.05, 4.69) is 11.4 Å². The fraction of sp³-hybridized carbons (Fsp3) is 0.464. The molecule has 5 rings (SSSR count). The Bertz CT molecular complexity index is 1110. The van der Waals surface area contributed by atoms with Crippen LogP contribution in [0.15, 0.2) is 48.5 Å². The van der Waals surface area contributed by atoms with Crippen molar-refractivity contribution in [3.8, 4) is 11.8 Å². The van der Waals surface area contributed by atoms with Crippen molar-refractivity contribution in [3.63, 3.8) is 0 Å². The molecule has 0 bridgehead atoms. The van der Waals surface area contributed by atoms with Crippen molar-refractivity contribution in [2.45, 2.75) is 43.8 Å². The van der Waals surface area contributed by atoms with E-state index in [9.17, 15) is 9.59 Å². The number of amides is 2. The number of hydrogen-bond acceptors (Lipinski definition) is 6. The predicted octanol–water partition coefficient (Wildman–Crippen LogP) is 3.36. The Hall–Kier alpha value is -3.57. The van der Waals surface area contributed by atoms with E-state index in [1.807, 2.05) is 46.2 Å². The van der Waals surface area contributed by atoms with Gasteiger partial charge in [0.1, 0.15) is 17.5 Å². The number of nitriles is 1. The summed E-state index contributed by atoms with van der Waals surface area (Å²) in [5.41, 5.74) is 2.07. The predicted molar refractivity (Wildman–Crippen MR) is 134 cm³/mol. The fourth-order valence-electron chi connectivity index (χ4n) is 5.25. The lowest BCUT2D eigenvalue weighted by Gasteiger charge is -2.32. The first-order valence-corrected chi connectivity index (χ1v) is 12.8. The van der Waals surface area contributed by atoms with Crippen LogP contribution in [-0.2, 0) is 11.2 Å². The first kappa shape index (κ1) is 24.1. The number of carbonyl (C=O) groups excluding carboxylic acids is 2. The van der Waals surface area contributed by atoms with Gasteiger partial charge in [-0.2, -0.15) is 5.26 Å². The van der Waals surface area contributed by atoms with Gasteiger partial charge in [-0.3, -0.25) is 4.79 Å². The Morgan fingerprint density at radius 2 is 1.78 bits per heavy atom. The monoisotopic (exact) mass is 488 g/mol. The van der Waals surface area contributed by atoms with Crippen molar-refractivity contribution < 1.29 is 19.1 Å². The van der Waals surface area contributed by atoms with Crippen molar-refractivity contribution in [1.29, 1.82) is 5.26 Å². The molecule has 3 fully saturated rings. The highest BCUT2D eigenvalue weighted by Crippen LogP contribution is 2.31. The van der Waals surface area contributed by atoms with Crippen LogP contribution in [0.1, 0.15) is 47.2 Å². The lowest BCUT2D eigenvalue weighted by molar-refractivity contribution is 0.0316. The lowest BCUT2D eigenvalue weighted by atomic mass is 9.92. The van der Waals surface area contributed by atoms with Crippen LogP contribution in [0.25, 0.3) is 0 Å². The number of nitrogens with zero attached hydrogens (tertiary/aromatic N) is 3. The number of carbonyl (C=O) groups is 2. The molecule has 0 aromatic heterocycles. The molecule has 0 aliphatic carbocycles. The van der Waals surface area contributed by atoms with Crippen LogP contribution in [0.5, 0.6) is 5.75 Å². The molecule has 1 N–H and O–H groups in total. The van der Waals surface area contributed by atoms with Gasteiger partial charge in [0.25, 0.3) is 5.91 Å². The van der Waals surface area contributed by atoms with Gasteiger partial charge in [0.05, 0.1) is 18.2 Å². The SMILES string of the molecule is N#Cc1ccc(OC2CCN(C(=O)c3ccc(CCN4CC5(CCNCC5)OC4=O)cc3)CC2)cc1. The molecule has 0 saturated carbocycles. The zero-order valence-corrected chi connectivity index (χ0v) is 20.4. The third-order valence-corrected chi connectivity index (χ3v) is 7.44. The molecule has 2 aromatic rings. The van der Waals surface area contributed by atoms with Crippen LogP contribution in [0.4, 0.5) is 4.79 Å². The highest BCUT2D eigenvalue weighted by atomic mass is 16.6. The third kappa shape index (κ3) is 5.47. The van der Waals surface area contributed by atoms with Crippen LogP contribution in [0.3, 0.4) is 0 Å². The number of hydrogen-bond donors (Lipinski definition) is 1. The summed E-state index contributed by atoms with van der Waals surface area (Å²) in [6.45, 7) is 4.35. The molecule has 3 aliphatic rings. The third-order valence-electron chi connectivity index (χ3n) is 7.44. The summed E-state index contributed by atoms with van der Waals surface area (Å²) in [4.78, 5) is 29.1. The van der Waals surface area contributed by atoms with Crippen LogP contribution in [-0.4, -0.2) is 72.8 Å². The number of rotatable bonds is 6. The Morgan fingerprint density at radius 3 is 2.44 bits per heavy atom. The molecule has 3 saturated heterocycles. The minimum absolute atomic E-state index is 0.0364. The minimum atomic E-state index is -0.320. The van der Waals surface area contributed by atoms with E-state index in [0.717, 1.165) is 56.5 Å². The Kier molecular flexibility index (Phi) is 7.10. The Morgan fingerprint density at radius 1 is 1.08 bits per heavy atom. The molecule has 0 atom stereocenters. The van der Waals surface area contributed by atoms with Crippen LogP contribution < -0.4 is 10.1 Å². The molecule has 188 valence electrons. The van der Waals surface area contributed by atoms with Crippen molar-refractivity contribution in [2.75, 3.05) is 39.3 Å². The second kappa shape index (κ2) is 10.6.